The van der Waals surface area contributed by atoms with Crippen molar-refractivity contribution in [1.82, 2.24) is 0 Å². The van der Waals surface area contributed by atoms with Gasteiger partial charge in [-0.1, -0.05) is 55.3 Å². The fraction of sp³-hybridized carbons (Fsp3) is 0.471. The average Bonchev–Trinajstić information content (AvgIpc) is 2.43. The molecule has 0 N–H and O–H groups in total. The lowest BCUT2D eigenvalue weighted by Gasteiger charge is -2.01. The van der Waals surface area contributed by atoms with E-state index in [-0.39, 0.29) is 5.97 Å². The first-order valence-electron chi connectivity index (χ1n) is 7.20. The van der Waals surface area contributed by atoms with Crippen molar-refractivity contribution >= 4 is 12.0 Å². The van der Waals surface area contributed by atoms with E-state index in [4.69, 9.17) is 4.74 Å². The van der Waals surface area contributed by atoms with Crippen molar-refractivity contribution in [3.8, 4) is 0 Å². The van der Waals surface area contributed by atoms with Gasteiger partial charge in [0.2, 0.25) is 0 Å². The second kappa shape index (κ2) is 10.4. The second-order valence-electron chi connectivity index (χ2n) is 4.57. The van der Waals surface area contributed by atoms with Crippen LogP contribution in [0.5, 0.6) is 0 Å². The topological polar surface area (TPSA) is 26.3 Å². The van der Waals surface area contributed by atoms with Crippen LogP contribution in [0.2, 0.25) is 0 Å². The summed E-state index contributed by atoms with van der Waals surface area (Å²) in [4.78, 5) is 11.1. The Balaban J connectivity index is 1.97. The van der Waals surface area contributed by atoms with E-state index in [1.165, 1.54) is 18.4 Å². The molecule has 1 rings (SSSR count). The molecule has 1 aromatic rings. The van der Waals surface area contributed by atoms with Gasteiger partial charge in [-0.15, -0.1) is 0 Å². The first kappa shape index (κ1) is 15.5. The lowest BCUT2D eigenvalue weighted by atomic mass is 10.1. The van der Waals surface area contributed by atoms with E-state index >= 15 is 0 Å². The molecular formula is C17H24O2. The molecule has 0 radical (unpaired) electrons. The fourth-order valence-electron chi connectivity index (χ4n) is 1.90. The first-order chi connectivity index (χ1) is 9.33. The summed E-state index contributed by atoms with van der Waals surface area (Å²) >= 11 is 0. The Labute approximate surface area is 116 Å². The van der Waals surface area contributed by atoms with E-state index in [0.29, 0.717) is 13.0 Å². The van der Waals surface area contributed by atoms with Crippen molar-refractivity contribution < 1.29 is 9.53 Å². The standard InChI is InChI=1S/C17H24O2/c1-2-19-17(18)15-11-6-4-3-5-8-12-16-13-9-7-10-14-16/h7-10,12-14H,2-6,11,15H2,1H3/b12-8-. The van der Waals surface area contributed by atoms with Crippen LogP contribution < -0.4 is 0 Å². The van der Waals surface area contributed by atoms with Gasteiger partial charge in [-0.05, 0) is 31.7 Å². The molecule has 19 heavy (non-hydrogen) atoms. The van der Waals surface area contributed by atoms with Crippen LogP contribution in [0.1, 0.15) is 51.0 Å². The van der Waals surface area contributed by atoms with Gasteiger partial charge in [0.15, 0.2) is 0 Å². The molecule has 104 valence electrons. The number of unbranched alkanes of at least 4 members (excludes halogenated alkanes) is 4. The van der Waals surface area contributed by atoms with Gasteiger partial charge < -0.3 is 4.74 Å². The molecule has 1 aromatic carbocycles. The minimum Gasteiger partial charge on any atom is -0.466 e. The van der Waals surface area contributed by atoms with Crippen LogP contribution >= 0.6 is 0 Å². The smallest absolute Gasteiger partial charge is 0.305 e. The predicted octanol–water partition coefficient (Wildman–Crippen LogP) is 4.60. The zero-order chi connectivity index (χ0) is 13.8. The summed E-state index contributed by atoms with van der Waals surface area (Å²) < 4.78 is 4.89. The number of hydrogen-bond donors (Lipinski definition) is 0. The number of rotatable bonds is 9. The molecule has 0 bridgehead atoms. The molecule has 2 heteroatoms. The summed E-state index contributed by atoms with van der Waals surface area (Å²) in [5, 5.41) is 0. The van der Waals surface area contributed by atoms with E-state index in [2.05, 4.69) is 36.4 Å². The van der Waals surface area contributed by atoms with Gasteiger partial charge in [0.1, 0.15) is 0 Å². The van der Waals surface area contributed by atoms with Crippen LogP contribution in [0.4, 0.5) is 0 Å². The highest BCUT2D eigenvalue weighted by molar-refractivity contribution is 5.69. The van der Waals surface area contributed by atoms with Crippen molar-refractivity contribution in [3.63, 3.8) is 0 Å². The summed E-state index contributed by atoms with van der Waals surface area (Å²) in [5.74, 6) is -0.0635. The van der Waals surface area contributed by atoms with Gasteiger partial charge in [-0.2, -0.15) is 0 Å². The van der Waals surface area contributed by atoms with Crippen molar-refractivity contribution in [2.75, 3.05) is 6.61 Å². The normalized spacial score (nSPS) is 10.8. The minimum atomic E-state index is -0.0635. The number of carbonyl (C=O) groups is 1. The molecule has 0 amide bonds. The van der Waals surface area contributed by atoms with Gasteiger partial charge >= 0.3 is 5.97 Å². The van der Waals surface area contributed by atoms with E-state index in [9.17, 15) is 4.79 Å². The zero-order valence-corrected chi connectivity index (χ0v) is 11.8. The summed E-state index contributed by atoms with van der Waals surface area (Å²) in [6.07, 6.45) is 10.5. The molecule has 0 saturated carbocycles. The molecule has 2 nitrogen and oxygen atoms in total. The average molecular weight is 260 g/mol. The largest absolute Gasteiger partial charge is 0.466 e. The highest BCUT2D eigenvalue weighted by atomic mass is 16.5. The van der Waals surface area contributed by atoms with E-state index in [1.807, 2.05) is 13.0 Å². The monoisotopic (exact) mass is 260 g/mol. The maximum atomic E-state index is 11.1. The summed E-state index contributed by atoms with van der Waals surface area (Å²) in [6.45, 7) is 2.33. The Morgan fingerprint density at radius 3 is 2.58 bits per heavy atom. The lowest BCUT2D eigenvalue weighted by molar-refractivity contribution is -0.143. The maximum Gasteiger partial charge on any atom is 0.305 e. The summed E-state index contributed by atoms with van der Waals surface area (Å²) in [6, 6.07) is 10.3. The maximum absolute atomic E-state index is 11.1. The highest BCUT2D eigenvalue weighted by Crippen LogP contribution is 2.08. The molecule has 0 aliphatic heterocycles. The molecule has 0 spiro atoms. The molecular weight excluding hydrogens is 236 g/mol. The highest BCUT2D eigenvalue weighted by Gasteiger charge is 1.99. The van der Waals surface area contributed by atoms with Crippen LogP contribution in [0.25, 0.3) is 6.08 Å². The zero-order valence-electron chi connectivity index (χ0n) is 11.8. The molecule has 0 aromatic heterocycles. The second-order valence-corrected chi connectivity index (χ2v) is 4.57. The first-order valence-corrected chi connectivity index (χ1v) is 7.20. The van der Waals surface area contributed by atoms with Gasteiger partial charge in [0, 0.05) is 6.42 Å². The number of ether oxygens (including phenoxy) is 1. The lowest BCUT2D eigenvalue weighted by Crippen LogP contribution is -2.02. The van der Waals surface area contributed by atoms with E-state index < -0.39 is 0 Å². The Morgan fingerprint density at radius 2 is 1.84 bits per heavy atom. The summed E-state index contributed by atoms with van der Waals surface area (Å²) in [5.41, 5.74) is 1.25. The molecule has 0 aliphatic rings. The number of allylic oxidation sites excluding steroid dienone is 1. The van der Waals surface area contributed by atoms with Crippen LogP contribution in [0.3, 0.4) is 0 Å². The number of esters is 1. The van der Waals surface area contributed by atoms with Crippen LogP contribution in [-0.2, 0) is 9.53 Å². The predicted molar refractivity (Wildman–Crippen MR) is 79.8 cm³/mol. The number of hydrogen-bond acceptors (Lipinski definition) is 2. The Bertz CT molecular complexity index is 368. The van der Waals surface area contributed by atoms with E-state index in [1.54, 1.807) is 0 Å². The van der Waals surface area contributed by atoms with Gasteiger partial charge in [0.25, 0.3) is 0 Å². The number of carbonyl (C=O) groups excluding carboxylic acids is 1. The van der Waals surface area contributed by atoms with E-state index in [0.717, 1.165) is 19.3 Å². The van der Waals surface area contributed by atoms with Crippen molar-refractivity contribution in [2.24, 2.45) is 0 Å². The molecule has 0 saturated heterocycles. The van der Waals surface area contributed by atoms with Crippen LogP contribution in [0, 0.1) is 0 Å². The van der Waals surface area contributed by atoms with Crippen molar-refractivity contribution in [1.29, 1.82) is 0 Å². The van der Waals surface area contributed by atoms with Gasteiger partial charge in [-0.3, -0.25) is 4.79 Å². The molecule has 0 atom stereocenters. The van der Waals surface area contributed by atoms with Crippen LogP contribution in [0.15, 0.2) is 36.4 Å². The van der Waals surface area contributed by atoms with Gasteiger partial charge in [-0.25, -0.2) is 0 Å². The molecule has 0 fully saturated rings. The third kappa shape index (κ3) is 8.20. The quantitative estimate of drug-likeness (QED) is 0.479. The number of benzene rings is 1. The Morgan fingerprint density at radius 1 is 1.11 bits per heavy atom. The molecule has 0 unspecified atom stereocenters. The Kier molecular flexibility index (Phi) is 8.45. The molecule has 0 aliphatic carbocycles. The SMILES string of the molecule is CCOC(=O)CCCCCC/C=C\c1ccccc1. The summed E-state index contributed by atoms with van der Waals surface area (Å²) in [7, 11) is 0. The minimum absolute atomic E-state index is 0.0635. The fourth-order valence-corrected chi connectivity index (χ4v) is 1.90. The third-order valence-electron chi connectivity index (χ3n) is 2.92. The van der Waals surface area contributed by atoms with Crippen molar-refractivity contribution in [2.45, 2.75) is 45.4 Å². The molecule has 0 heterocycles. The van der Waals surface area contributed by atoms with Crippen LogP contribution in [-0.4, -0.2) is 12.6 Å². The third-order valence-corrected chi connectivity index (χ3v) is 2.92. The van der Waals surface area contributed by atoms with Gasteiger partial charge in [0.05, 0.1) is 6.61 Å². The Hall–Kier alpha value is -1.57. The van der Waals surface area contributed by atoms with Crippen molar-refractivity contribution in [3.05, 3.63) is 42.0 Å².